The van der Waals surface area contributed by atoms with Gasteiger partial charge in [-0.1, -0.05) is 11.6 Å². The fourth-order valence-electron chi connectivity index (χ4n) is 1.48. The van der Waals surface area contributed by atoms with E-state index in [1.807, 2.05) is 0 Å². The Morgan fingerprint density at radius 2 is 1.88 bits per heavy atom. The minimum absolute atomic E-state index is 0.144. The van der Waals surface area contributed by atoms with E-state index in [9.17, 15) is 13.6 Å². The summed E-state index contributed by atoms with van der Waals surface area (Å²) in [6, 6.07) is 5.88. The molecular weight excluding hydrogens is 248 g/mol. The van der Waals surface area contributed by atoms with Crippen molar-refractivity contribution in [2.45, 2.75) is 0 Å². The first-order valence-corrected chi connectivity index (χ1v) is 5.19. The molecule has 0 aliphatic rings. The highest BCUT2D eigenvalue weighted by Gasteiger charge is 2.09. The Balaban J connectivity index is 2.65. The molecule has 0 unspecified atom stereocenters. The van der Waals surface area contributed by atoms with Gasteiger partial charge in [-0.3, -0.25) is 4.79 Å². The summed E-state index contributed by atoms with van der Waals surface area (Å²) in [5.41, 5.74) is 0.123. The van der Waals surface area contributed by atoms with Gasteiger partial charge in [-0.15, -0.1) is 0 Å². The normalized spacial score (nSPS) is 10.6. The Morgan fingerprint density at radius 3 is 2.47 bits per heavy atom. The third kappa shape index (κ3) is 2.22. The molecule has 2 aromatic rings. The van der Waals surface area contributed by atoms with Crippen molar-refractivity contribution in [3.8, 4) is 11.1 Å². The maximum Gasteiger partial charge on any atom is 0.252 e. The van der Waals surface area contributed by atoms with Gasteiger partial charge in [0.1, 0.15) is 16.8 Å². The summed E-state index contributed by atoms with van der Waals surface area (Å²) >= 11 is 5.82. The van der Waals surface area contributed by atoms with Crippen LogP contribution in [-0.2, 0) is 7.05 Å². The van der Waals surface area contributed by atoms with Crippen LogP contribution in [0, 0.1) is 11.6 Å². The van der Waals surface area contributed by atoms with Crippen molar-refractivity contribution < 1.29 is 8.78 Å². The van der Waals surface area contributed by atoms with Gasteiger partial charge in [0.2, 0.25) is 0 Å². The van der Waals surface area contributed by atoms with Gasteiger partial charge in [-0.2, -0.15) is 0 Å². The van der Waals surface area contributed by atoms with E-state index < -0.39 is 11.6 Å². The zero-order valence-electron chi connectivity index (χ0n) is 8.88. The number of rotatable bonds is 1. The van der Waals surface area contributed by atoms with E-state index in [2.05, 4.69) is 0 Å². The van der Waals surface area contributed by atoms with Crippen LogP contribution in [0.4, 0.5) is 8.78 Å². The van der Waals surface area contributed by atoms with Crippen LogP contribution in [0.15, 0.2) is 35.1 Å². The van der Waals surface area contributed by atoms with Crippen LogP contribution in [-0.4, -0.2) is 4.57 Å². The number of halogens is 3. The highest BCUT2D eigenvalue weighted by Crippen LogP contribution is 2.24. The molecule has 0 N–H and O–H groups in total. The molecule has 1 aromatic carbocycles. The molecule has 88 valence electrons. The van der Waals surface area contributed by atoms with Gasteiger partial charge in [0.15, 0.2) is 0 Å². The third-order valence-corrected chi connectivity index (χ3v) is 2.81. The Labute approximate surface area is 101 Å². The number of nitrogens with zero attached hydrogens (tertiary/aromatic N) is 1. The molecule has 0 atom stereocenters. The van der Waals surface area contributed by atoms with Crippen LogP contribution in [0.5, 0.6) is 0 Å². The Hall–Kier alpha value is -1.68. The largest absolute Gasteiger partial charge is 0.302 e. The molecule has 0 fully saturated rings. The SMILES string of the molecule is Cn1c(Cl)cc(-c2ccc(F)cc2F)cc1=O. The molecule has 0 bridgehead atoms. The first-order chi connectivity index (χ1) is 7.99. The van der Waals surface area contributed by atoms with E-state index in [0.717, 1.165) is 12.1 Å². The number of hydrogen-bond donors (Lipinski definition) is 0. The standard InChI is InChI=1S/C12H8ClF2NO/c1-16-11(13)4-7(5-12(16)17)9-3-2-8(14)6-10(9)15/h2-6H,1H3. The summed E-state index contributed by atoms with van der Waals surface area (Å²) in [5.74, 6) is -1.39. The molecule has 0 amide bonds. The Bertz CT molecular complexity index is 637. The van der Waals surface area contributed by atoms with E-state index in [0.29, 0.717) is 5.56 Å². The lowest BCUT2D eigenvalue weighted by atomic mass is 10.1. The van der Waals surface area contributed by atoms with E-state index >= 15 is 0 Å². The van der Waals surface area contributed by atoms with Crippen LogP contribution < -0.4 is 5.56 Å². The van der Waals surface area contributed by atoms with Gasteiger partial charge in [-0.05, 0) is 23.8 Å². The zero-order chi connectivity index (χ0) is 12.6. The first-order valence-electron chi connectivity index (χ1n) is 4.81. The van der Waals surface area contributed by atoms with Gasteiger partial charge in [-0.25, -0.2) is 8.78 Å². The molecule has 5 heteroatoms. The Kier molecular flexibility index (Phi) is 2.98. The molecule has 0 saturated carbocycles. The predicted octanol–water partition coefficient (Wildman–Crippen LogP) is 2.98. The van der Waals surface area contributed by atoms with Crippen LogP contribution >= 0.6 is 11.6 Å². The van der Waals surface area contributed by atoms with E-state index in [4.69, 9.17) is 11.6 Å². The first kappa shape index (κ1) is 11.8. The van der Waals surface area contributed by atoms with Crippen molar-refractivity contribution in [2.75, 3.05) is 0 Å². The third-order valence-electron chi connectivity index (χ3n) is 2.45. The molecule has 0 spiro atoms. The number of benzene rings is 1. The number of aromatic nitrogens is 1. The quantitative estimate of drug-likeness (QED) is 0.718. The average Bonchev–Trinajstić information content (AvgIpc) is 2.25. The van der Waals surface area contributed by atoms with E-state index in [-0.39, 0.29) is 16.3 Å². The van der Waals surface area contributed by atoms with Gasteiger partial charge in [0.05, 0.1) is 0 Å². The van der Waals surface area contributed by atoms with Gasteiger partial charge >= 0.3 is 0 Å². The minimum Gasteiger partial charge on any atom is -0.302 e. The molecule has 0 radical (unpaired) electrons. The second-order valence-corrected chi connectivity index (χ2v) is 3.98. The van der Waals surface area contributed by atoms with Crippen molar-refractivity contribution in [1.29, 1.82) is 0 Å². The maximum atomic E-state index is 13.5. The number of pyridine rings is 1. The zero-order valence-corrected chi connectivity index (χ0v) is 9.63. The van der Waals surface area contributed by atoms with Crippen molar-refractivity contribution in [3.05, 3.63) is 57.5 Å². The second-order valence-electron chi connectivity index (χ2n) is 3.59. The monoisotopic (exact) mass is 255 g/mol. The van der Waals surface area contributed by atoms with E-state index in [1.54, 1.807) is 0 Å². The summed E-state index contributed by atoms with van der Waals surface area (Å²) < 4.78 is 27.5. The topological polar surface area (TPSA) is 22.0 Å². The average molecular weight is 256 g/mol. The smallest absolute Gasteiger partial charge is 0.252 e. The van der Waals surface area contributed by atoms with Crippen LogP contribution in [0.25, 0.3) is 11.1 Å². The highest BCUT2D eigenvalue weighted by molar-refractivity contribution is 6.29. The highest BCUT2D eigenvalue weighted by atomic mass is 35.5. The van der Waals surface area contributed by atoms with Crippen LogP contribution in [0.2, 0.25) is 5.15 Å². The summed E-state index contributed by atoms with van der Waals surface area (Å²) in [4.78, 5) is 11.5. The lowest BCUT2D eigenvalue weighted by Crippen LogP contribution is -2.16. The van der Waals surface area contributed by atoms with Gasteiger partial charge in [0, 0.05) is 24.7 Å². The van der Waals surface area contributed by atoms with Crippen molar-refractivity contribution in [2.24, 2.45) is 7.05 Å². The molecule has 0 saturated heterocycles. The van der Waals surface area contributed by atoms with Gasteiger partial charge < -0.3 is 4.57 Å². The molecule has 2 nitrogen and oxygen atoms in total. The summed E-state index contributed by atoms with van der Waals surface area (Å²) in [7, 11) is 1.51. The molecule has 0 aliphatic heterocycles. The van der Waals surface area contributed by atoms with Crippen LogP contribution in [0.1, 0.15) is 0 Å². The molecule has 1 heterocycles. The predicted molar refractivity (Wildman–Crippen MR) is 62.0 cm³/mol. The molecular formula is C12H8ClF2NO. The summed E-state index contributed by atoms with van der Waals surface area (Å²) in [5, 5.41) is 0.191. The molecule has 17 heavy (non-hydrogen) atoms. The summed E-state index contributed by atoms with van der Waals surface area (Å²) in [6.45, 7) is 0. The minimum atomic E-state index is -0.727. The maximum absolute atomic E-state index is 13.5. The van der Waals surface area contributed by atoms with E-state index in [1.165, 1.54) is 29.8 Å². The van der Waals surface area contributed by atoms with Crippen LogP contribution in [0.3, 0.4) is 0 Å². The lowest BCUT2D eigenvalue weighted by molar-refractivity contribution is 0.585. The van der Waals surface area contributed by atoms with Gasteiger partial charge in [0.25, 0.3) is 5.56 Å². The molecule has 1 aromatic heterocycles. The summed E-state index contributed by atoms with van der Waals surface area (Å²) in [6.07, 6.45) is 0. The lowest BCUT2D eigenvalue weighted by Gasteiger charge is -2.06. The molecule has 0 aliphatic carbocycles. The van der Waals surface area contributed by atoms with Crippen molar-refractivity contribution in [3.63, 3.8) is 0 Å². The fraction of sp³-hybridized carbons (Fsp3) is 0.0833. The fourth-order valence-corrected chi connectivity index (χ4v) is 1.68. The Morgan fingerprint density at radius 1 is 1.18 bits per heavy atom. The molecule has 2 rings (SSSR count). The van der Waals surface area contributed by atoms with Crippen molar-refractivity contribution in [1.82, 2.24) is 4.57 Å². The number of hydrogen-bond acceptors (Lipinski definition) is 1. The van der Waals surface area contributed by atoms with Crippen molar-refractivity contribution >= 4 is 11.6 Å². The second kappa shape index (κ2) is 4.30.